The fourth-order valence-electron chi connectivity index (χ4n) is 1.14. The molecule has 64 valence electrons. The van der Waals surface area contributed by atoms with E-state index in [1.165, 1.54) is 12.1 Å². The zero-order valence-corrected chi connectivity index (χ0v) is 8.46. The predicted octanol–water partition coefficient (Wildman–Crippen LogP) is 2.18. The molecule has 0 aliphatic heterocycles. The van der Waals surface area contributed by atoms with Gasteiger partial charge in [-0.3, -0.25) is 5.10 Å². The van der Waals surface area contributed by atoms with E-state index in [2.05, 4.69) is 10.2 Å². The Kier molecular flexibility index (Phi) is 1.92. The van der Waals surface area contributed by atoms with Gasteiger partial charge in [-0.1, -0.05) is 0 Å². The van der Waals surface area contributed by atoms with E-state index >= 15 is 0 Å². The third-order valence-corrected chi connectivity index (χ3v) is 2.52. The van der Waals surface area contributed by atoms with Crippen LogP contribution in [0.2, 0.25) is 0 Å². The highest BCUT2D eigenvalue weighted by Gasteiger charge is 2.09. The molecule has 0 aliphatic rings. The molecule has 1 aromatic carbocycles. The lowest BCUT2D eigenvalue weighted by Gasteiger charge is -1.92. The summed E-state index contributed by atoms with van der Waals surface area (Å²) < 4.78 is 13.7. The molecular weight excluding hydrogens is 284 g/mol. The predicted molar refractivity (Wildman–Crippen MR) is 53.5 cm³/mol. The summed E-state index contributed by atoms with van der Waals surface area (Å²) in [7, 11) is 0. The minimum absolute atomic E-state index is 0.258. The summed E-state index contributed by atoms with van der Waals surface area (Å²) in [6.45, 7) is 0. The first-order chi connectivity index (χ1) is 6.22. The van der Waals surface area contributed by atoms with Crippen molar-refractivity contribution in [1.82, 2.24) is 10.2 Å². The van der Waals surface area contributed by atoms with Crippen LogP contribution in [0.5, 0.6) is 0 Å². The summed E-state index contributed by atoms with van der Waals surface area (Å²) in [6, 6.07) is 4.44. The van der Waals surface area contributed by atoms with Crippen molar-refractivity contribution < 1.29 is 4.39 Å². The molecule has 0 fully saturated rings. The van der Waals surface area contributed by atoms with Crippen LogP contribution in [0.15, 0.2) is 12.1 Å². The second kappa shape index (κ2) is 2.96. The largest absolute Gasteiger partial charge is 0.271 e. The van der Waals surface area contributed by atoms with Gasteiger partial charge in [-0.05, 0) is 34.7 Å². The molecular formula is C8H3FIN3. The van der Waals surface area contributed by atoms with Crippen LogP contribution in [0, 0.1) is 20.8 Å². The van der Waals surface area contributed by atoms with Crippen LogP contribution >= 0.6 is 22.6 Å². The molecule has 0 bridgehead atoms. The summed E-state index contributed by atoms with van der Waals surface area (Å²) in [5, 5.41) is 16.0. The van der Waals surface area contributed by atoms with Gasteiger partial charge in [0.05, 0.1) is 5.56 Å². The number of rotatable bonds is 0. The zero-order valence-electron chi connectivity index (χ0n) is 6.31. The molecule has 5 heteroatoms. The van der Waals surface area contributed by atoms with Crippen LogP contribution in [-0.2, 0) is 0 Å². The monoisotopic (exact) mass is 287 g/mol. The number of nitrogens with zero attached hydrogens (tertiary/aromatic N) is 2. The van der Waals surface area contributed by atoms with Gasteiger partial charge in [-0.15, -0.1) is 0 Å². The average Bonchev–Trinajstić information content (AvgIpc) is 2.47. The van der Waals surface area contributed by atoms with Gasteiger partial charge in [0, 0.05) is 5.39 Å². The highest BCUT2D eigenvalue weighted by Crippen LogP contribution is 2.21. The summed E-state index contributed by atoms with van der Waals surface area (Å²) >= 11 is 2.01. The molecule has 1 aromatic heterocycles. The van der Waals surface area contributed by atoms with Gasteiger partial charge in [-0.25, -0.2) is 4.39 Å². The molecule has 2 rings (SSSR count). The molecule has 1 heterocycles. The summed E-state index contributed by atoms with van der Waals surface area (Å²) in [5.74, 6) is -0.414. The van der Waals surface area contributed by atoms with Gasteiger partial charge in [0.25, 0.3) is 0 Å². The third kappa shape index (κ3) is 1.27. The van der Waals surface area contributed by atoms with Crippen LogP contribution in [-0.4, -0.2) is 10.2 Å². The van der Waals surface area contributed by atoms with E-state index in [1.807, 2.05) is 28.7 Å². The molecule has 0 spiro atoms. The van der Waals surface area contributed by atoms with Crippen molar-refractivity contribution >= 4 is 33.5 Å². The first kappa shape index (κ1) is 8.44. The Bertz CT molecular complexity index is 512. The number of aromatic amines is 1. The Morgan fingerprint density at radius 1 is 1.54 bits per heavy atom. The smallest absolute Gasteiger partial charge is 0.125 e. The van der Waals surface area contributed by atoms with Gasteiger partial charge in [-0.2, -0.15) is 10.4 Å². The molecule has 0 radical (unpaired) electrons. The van der Waals surface area contributed by atoms with Crippen molar-refractivity contribution in [2.75, 3.05) is 0 Å². The minimum atomic E-state index is -0.414. The van der Waals surface area contributed by atoms with Crippen LogP contribution in [0.25, 0.3) is 10.9 Å². The van der Waals surface area contributed by atoms with Crippen molar-refractivity contribution in [2.45, 2.75) is 0 Å². The maximum absolute atomic E-state index is 12.9. The summed E-state index contributed by atoms with van der Waals surface area (Å²) in [5.41, 5.74) is 0.780. The molecule has 2 aromatic rings. The Balaban J connectivity index is 2.94. The second-order valence-electron chi connectivity index (χ2n) is 2.50. The minimum Gasteiger partial charge on any atom is -0.271 e. The van der Waals surface area contributed by atoms with Crippen molar-refractivity contribution in [3.05, 3.63) is 27.2 Å². The summed E-state index contributed by atoms with van der Waals surface area (Å²) in [6.07, 6.45) is 0. The molecule has 0 unspecified atom stereocenters. The topological polar surface area (TPSA) is 52.5 Å². The van der Waals surface area contributed by atoms with E-state index < -0.39 is 5.82 Å². The van der Waals surface area contributed by atoms with Crippen molar-refractivity contribution in [2.24, 2.45) is 0 Å². The molecule has 1 N–H and O–H groups in total. The van der Waals surface area contributed by atoms with Crippen molar-refractivity contribution in [3.8, 4) is 6.07 Å². The Hall–Kier alpha value is -1.16. The number of halogens is 2. The standard InChI is InChI=1S/C8H3FIN3/c9-5-1-4(3-11)7-6(2-5)8(10)13-12-7/h1-2H,(H,12,13). The van der Waals surface area contributed by atoms with Crippen molar-refractivity contribution in [3.63, 3.8) is 0 Å². The maximum atomic E-state index is 12.9. The Morgan fingerprint density at radius 3 is 3.00 bits per heavy atom. The van der Waals surface area contributed by atoms with E-state index in [0.717, 1.165) is 3.70 Å². The number of fused-ring (bicyclic) bond motifs is 1. The van der Waals surface area contributed by atoms with Crippen LogP contribution in [0.1, 0.15) is 5.56 Å². The number of hydrogen-bond acceptors (Lipinski definition) is 2. The fourth-order valence-corrected chi connectivity index (χ4v) is 1.67. The number of nitrogens with one attached hydrogen (secondary N) is 1. The lowest BCUT2D eigenvalue weighted by atomic mass is 10.1. The molecule has 13 heavy (non-hydrogen) atoms. The molecule has 0 atom stereocenters. The first-order valence-electron chi connectivity index (χ1n) is 3.45. The lowest BCUT2D eigenvalue weighted by Crippen LogP contribution is -1.81. The molecule has 3 nitrogen and oxygen atoms in total. The van der Waals surface area contributed by atoms with Gasteiger partial charge in [0.2, 0.25) is 0 Å². The Labute approximate surface area is 86.7 Å². The average molecular weight is 287 g/mol. The number of benzene rings is 1. The lowest BCUT2D eigenvalue weighted by molar-refractivity contribution is 0.629. The number of nitriles is 1. The van der Waals surface area contributed by atoms with Crippen LogP contribution < -0.4 is 0 Å². The SMILES string of the molecule is N#Cc1cc(F)cc2c(I)[nH]nc12. The van der Waals surface area contributed by atoms with Gasteiger partial charge >= 0.3 is 0 Å². The molecule has 0 saturated heterocycles. The molecule has 0 amide bonds. The molecule has 0 saturated carbocycles. The van der Waals surface area contributed by atoms with Crippen molar-refractivity contribution in [1.29, 1.82) is 5.26 Å². The number of H-pyrrole nitrogens is 1. The second-order valence-corrected chi connectivity index (χ2v) is 3.58. The zero-order chi connectivity index (χ0) is 9.42. The van der Waals surface area contributed by atoms with E-state index in [4.69, 9.17) is 5.26 Å². The maximum Gasteiger partial charge on any atom is 0.125 e. The Morgan fingerprint density at radius 2 is 2.31 bits per heavy atom. The molecule has 0 aliphatic carbocycles. The summed E-state index contributed by atoms with van der Waals surface area (Å²) in [4.78, 5) is 0. The quantitative estimate of drug-likeness (QED) is 0.755. The van der Waals surface area contributed by atoms with E-state index in [0.29, 0.717) is 10.9 Å². The first-order valence-corrected chi connectivity index (χ1v) is 4.53. The van der Waals surface area contributed by atoms with Crippen LogP contribution in [0.3, 0.4) is 0 Å². The number of aromatic nitrogens is 2. The van der Waals surface area contributed by atoms with Gasteiger partial charge in [0.1, 0.15) is 21.1 Å². The van der Waals surface area contributed by atoms with Gasteiger partial charge in [0.15, 0.2) is 0 Å². The third-order valence-electron chi connectivity index (χ3n) is 1.70. The normalized spacial score (nSPS) is 10.2. The number of hydrogen-bond donors (Lipinski definition) is 1. The van der Waals surface area contributed by atoms with Gasteiger partial charge < -0.3 is 0 Å². The van der Waals surface area contributed by atoms with E-state index in [-0.39, 0.29) is 5.56 Å². The fraction of sp³-hybridized carbons (Fsp3) is 0. The van der Waals surface area contributed by atoms with Crippen LogP contribution in [0.4, 0.5) is 4.39 Å². The highest BCUT2D eigenvalue weighted by atomic mass is 127. The highest BCUT2D eigenvalue weighted by molar-refractivity contribution is 14.1. The van der Waals surface area contributed by atoms with E-state index in [1.54, 1.807) is 0 Å². The van der Waals surface area contributed by atoms with E-state index in [9.17, 15) is 4.39 Å².